The van der Waals surface area contributed by atoms with Crippen LogP contribution in [0.3, 0.4) is 0 Å². The van der Waals surface area contributed by atoms with Gasteiger partial charge in [0.25, 0.3) is 11.6 Å². The molecule has 1 amide bonds. The number of carbonyl (C=O) groups excluding carboxylic acids is 1. The highest BCUT2D eigenvalue weighted by atomic mass is 16.6. The molecule has 140 valence electrons. The maximum absolute atomic E-state index is 12.1. The van der Waals surface area contributed by atoms with Gasteiger partial charge in [-0.25, -0.2) is 5.43 Å². The van der Waals surface area contributed by atoms with Crippen LogP contribution in [-0.4, -0.2) is 29.8 Å². The highest BCUT2D eigenvalue weighted by Gasteiger charge is 2.21. The molecule has 0 radical (unpaired) electrons. The Morgan fingerprint density at radius 3 is 2.81 bits per heavy atom. The number of ether oxygens (including phenoxy) is 2. The van der Waals surface area contributed by atoms with Crippen LogP contribution in [0.25, 0.3) is 0 Å². The lowest BCUT2D eigenvalue weighted by atomic mass is 10.1. The Bertz CT molecular complexity index is 893. The Morgan fingerprint density at radius 1 is 1.41 bits per heavy atom. The van der Waals surface area contributed by atoms with Gasteiger partial charge in [-0.15, -0.1) is 0 Å². The minimum Gasteiger partial charge on any atom is -0.493 e. The maximum Gasteiger partial charge on any atom is 0.271 e. The molecule has 1 N–H and O–H groups in total. The molecule has 1 aliphatic heterocycles. The molecule has 1 aliphatic rings. The molecule has 3 rings (SSSR count). The first-order valence-corrected chi connectivity index (χ1v) is 8.52. The number of fused-ring (bicyclic) bond motifs is 1. The van der Waals surface area contributed by atoms with Crippen LogP contribution in [0.5, 0.6) is 11.5 Å². The normalized spacial score (nSPS) is 15.3. The average Bonchev–Trinajstić information content (AvgIpc) is 3.01. The standard InChI is InChI=1S/C19H19N3O5/c1-3-26-17-9-14-8-12(2)27-18(14)10-15(17)11-20-21-19(23)13-4-6-16(7-5-13)22(24)25/h4-7,9-12H,3,8H2,1-2H3,(H,21,23)/b20-11-/t12-/m1/s1. The molecule has 8 heteroatoms. The van der Waals surface area contributed by atoms with E-state index in [1.54, 1.807) is 0 Å². The SMILES string of the molecule is CCOc1cc2c(cc1/C=N\NC(=O)c1ccc([N+](=O)[O-])cc1)O[C@H](C)C2. The van der Waals surface area contributed by atoms with Crippen molar-refractivity contribution < 1.29 is 19.2 Å². The number of amides is 1. The van der Waals surface area contributed by atoms with Crippen LogP contribution in [-0.2, 0) is 6.42 Å². The molecule has 2 aromatic carbocycles. The molecular formula is C19H19N3O5. The number of nitro benzene ring substituents is 1. The summed E-state index contributed by atoms with van der Waals surface area (Å²) in [7, 11) is 0. The van der Waals surface area contributed by atoms with Gasteiger partial charge < -0.3 is 9.47 Å². The summed E-state index contributed by atoms with van der Waals surface area (Å²) in [5, 5.41) is 14.6. The molecule has 0 aliphatic carbocycles. The number of nitrogens with zero attached hydrogens (tertiary/aromatic N) is 2. The van der Waals surface area contributed by atoms with Crippen molar-refractivity contribution in [3.05, 3.63) is 63.2 Å². The zero-order chi connectivity index (χ0) is 19.4. The van der Waals surface area contributed by atoms with E-state index in [-0.39, 0.29) is 17.4 Å². The summed E-state index contributed by atoms with van der Waals surface area (Å²) in [5.74, 6) is 0.988. The number of non-ortho nitro benzene ring substituents is 1. The van der Waals surface area contributed by atoms with Gasteiger partial charge in [0.15, 0.2) is 0 Å². The van der Waals surface area contributed by atoms with Crippen molar-refractivity contribution in [2.75, 3.05) is 6.61 Å². The predicted molar refractivity (Wildman–Crippen MR) is 99.6 cm³/mol. The summed E-state index contributed by atoms with van der Waals surface area (Å²) in [6.07, 6.45) is 2.42. The van der Waals surface area contributed by atoms with Crippen molar-refractivity contribution >= 4 is 17.8 Å². The third-order valence-corrected chi connectivity index (χ3v) is 4.04. The van der Waals surface area contributed by atoms with E-state index in [1.807, 2.05) is 26.0 Å². The molecule has 0 saturated carbocycles. The van der Waals surface area contributed by atoms with Crippen LogP contribution in [0, 0.1) is 10.1 Å². The van der Waals surface area contributed by atoms with E-state index < -0.39 is 10.8 Å². The number of carbonyl (C=O) groups is 1. The van der Waals surface area contributed by atoms with Crippen LogP contribution in [0.15, 0.2) is 41.5 Å². The van der Waals surface area contributed by atoms with Crippen LogP contribution >= 0.6 is 0 Å². The summed E-state index contributed by atoms with van der Waals surface area (Å²) in [6.45, 7) is 4.40. The van der Waals surface area contributed by atoms with E-state index in [0.717, 1.165) is 17.7 Å². The quantitative estimate of drug-likeness (QED) is 0.479. The Labute approximate surface area is 155 Å². The van der Waals surface area contributed by atoms with Gasteiger partial charge in [0.05, 0.1) is 17.7 Å². The number of hydrazone groups is 1. The largest absolute Gasteiger partial charge is 0.493 e. The first-order valence-electron chi connectivity index (χ1n) is 8.52. The lowest BCUT2D eigenvalue weighted by molar-refractivity contribution is -0.384. The highest BCUT2D eigenvalue weighted by Crippen LogP contribution is 2.34. The van der Waals surface area contributed by atoms with Crippen molar-refractivity contribution in [1.29, 1.82) is 0 Å². The molecule has 0 saturated heterocycles. The van der Waals surface area contributed by atoms with Crippen molar-refractivity contribution in [2.24, 2.45) is 5.10 Å². The second kappa shape index (κ2) is 7.86. The molecule has 1 heterocycles. The van der Waals surface area contributed by atoms with Crippen LogP contribution < -0.4 is 14.9 Å². The summed E-state index contributed by atoms with van der Waals surface area (Å²) in [5.41, 5.74) is 4.37. The van der Waals surface area contributed by atoms with Crippen molar-refractivity contribution in [3.8, 4) is 11.5 Å². The van der Waals surface area contributed by atoms with E-state index in [0.29, 0.717) is 17.9 Å². The van der Waals surface area contributed by atoms with Crippen molar-refractivity contribution in [3.63, 3.8) is 0 Å². The first-order chi connectivity index (χ1) is 13.0. The average molecular weight is 369 g/mol. The predicted octanol–water partition coefficient (Wildman–Crippen LogP) is 3.08. The van der Waals surface area contributed by atoms with E-state index in [1.165, 1.54) is 30.5 Å². The lowest BCUT2D eigenvalue weighted by Gasteiger charge is -2.09. The lowest BCUT2D eigenvalue weighted by Crippen LogP contribution is -2.17. The third-order valence-electron chi connectivity index (χ3n) is 4.04. The minimum absolute atomic E-state index is 0.0798. The molecule has 0 unspecified atom stereocenters. The van der Waals surface area contributed by atoms with Gasteiger partial charge >= 0.3 is 0 Å². The van der Waals surface area contributed by atoms with Gasteiger partial charge in [0.2, 0.25) is 0 Å². The number of hydrogen-bond donors (Lipinski definition) is 1. The van der Waals surface area contributed by atoms with Crippen LogP contribution in [0.2, 0.25) is 0 Å². The van der Waals surface area contributed by atoms with Gasteiger partial charge in [-0.1, -0.05) is 0 Å². The first kappa shape index (κ1) is 18.4. The molecule has 0 fully saturated rings. The highest BCUT2D eigenvalue weighted by molar-refractivity contribution is 5.95. The molecule has 0 spiro atoms. The fourth-order valence-electron chi connectivity index (χ4n) is 2.80. The minimum atomic E-state index is -0.522. The Kier molecular flexibility index (Phi) is 5.35. The zero-order valence-corrected chi connectivity index (χ0v) is 15.0. The van der Waals surface area contributed by atoms with Crippen molar-refractivity contribution in [2.45, 2.75) is 26.4 Å². The van der Waals surface area contributed by atoms with E-state index >= 15 is 0 Å². The molecule has 8 nitrogen and oxygen atoms in total. The van der Waals surface area contributed by atoms with Gasteiger partial charge in [0.1, 0.15) is 17.6 Å². The van der Waals surface area contributed by atoms with Crippen LogP contribution in [0.4, 0.5) is 5.69 Å². The van der Waals surface area contributed by atoms with Crippen molar-refractivity contribution in [1.82, 2.24) is 5.43 Å². The molecule has 1 atom stereocenters. The fourth-order valence-corrected chi connectivity index (χ4v) is 2.80. The second-order valence-electron chi connectivity index (χ2n) is 6.07. The second-order valence-corrected chi connectivity index (χ2v) is 6.07. The number of benzene rings is 2. The zero-order valence-electron chi connectivity index (χ0n) is 15.0. The maximum atomic E-state index is 12.1. The molecule has 0 aromatic heterocycles. The summed E-state index contributed by atoms with van der Waals surface area (Å²) in [4.78, 5) is 22.2. The molecular weight excluding hydrogens is 350 g/mol. The monoisotopic (exact) mass is 369 g/mol. The Balaban J connectivity index is 1.73. The van der Waals surface area contributed by atoms with Gasteiger partial charge in [0, 0.05) is 35.2 Å². The summed E-state index contributed by atoms with van der Waals surface area (Å²) in [6, 6.07) is 9.06. The Morgan fingerprint density at radius 2 is 2.15 bits per heavy atom. The van der Waals surface area contributed by atoms with E-state index in [2.05, 4.69) is 10.5 Å². The molecule has 2 aromatic rings. The summed E-state index contributed by atoms with van der Waals surface area (Å²) < 4.78 is 11.4. The topological polar surface area (TPSA) is 103 Å². The number of nitro groups is 1. The smallest absolute Gasteiger partial charge is 0.271 e. The molecule has 27 heavy (non-hydrogen) atoms. The number of hydrogen-bond acceptors (Lipinski definition) is 6. The van der Waals surface area contributed by atoms with Crippen LogP contribution in [0.1, 0.15) is 35.3 Å². The third kappa shape index (κ3) is 4.22. The molecule has 0 bridgehead atoms. The Hall–Kier alpha value is -3.42. The van der Waals surface area contributed by atoms with Gasteiger partial charge in [-0.05, 0) is 38.1 Å². The van der Waals surface area contributed by atoms with E-state index in [9.17, 15) is 14.9 Å². The summed E-state index contributed by atoms with van der Waals surface area (Å²) >= 11 is 0. The van der Waals surface area contributed by atoms with Gasteiger partial charge in [-0.2, -0.15) is 5.10 Å². The number of rotatable bonds is 6. The van der Waals surface area contributed by atoms with Gasteiger partial charge in [-0.3, -0.25) is 14.9 Å². The number of nitrogens with one attached hydrogen (secondary N) is 1. The fraction of sp³-hybridized carbons (Fsp3) is 0.263. The van der Waals surface area contributed by atoms with E-state index in [4.69, 9.17) is 9.47 Å².